The van der Waals surface area contributed by atoms with E-state index in [4.69, 9.17) is 11.6 Å². The Bertz CT molecular complexity index is 894. The highest BCUT2D eigenvalue weighted by Crippen LogP contribution is 2.19. The molecule has 23 heavy (non-hydrogen) atoms. The van der Waals surface area contributed by atoms with E-state index in [1.54, 1.807) is 12.1 Å². The first kappa shape index (κ1) is 16.4. The molecule has 3 heterocycles. The largest absolute Gasteiger partial charge is 0.294 e. The number of nitrogens with zero attached hydrogens (tertiary/aromatic N) is 3. The molecular formula is C15H18ClN3O3S. The van der Waals surface area contributed by atoms with Crippen LogP contribution in [0.2, 0.25) is 5.02 Å². The summed E-state index contributed by atoms with van der Waals surface area (Å²) >= 11 is 5.90. The summed E-state index contributed by atoms with van der Waals surface area (Å²) < 4.78 is 24.7. The Morgan fingerprint density at radius 3 is 2.87 bits per heavy atom. The predicted octanol–water partition coefficient (Wildman–Crippen LogP) is 1.36. The number of hydrogen-bond donors (Lipinski definition) is 0. The van der Waals surface area contributed by atoms with Crippen molar-refractivity contribution >= 4 is 27.1 Å². The smallest absolute Gasteiger partial charge is 0.258 e. The molecule has 0 aromatic carbocycles. The fraction of sp³-hybridized carbons (Fsp3) is 0.467. The summed E-state index contributed by atoms with van der Waals surface area (Å²) in [6.45, 7) is 3.16. The fourth-order valence-corrected chi connectivity index (χ4v) is 4.90. The second-order valence-corrected chi connectivity index (χ2v) is 8.45. The highest BCUT2D eigenvalue weighted by atomic mass is 35.5. The summed E-state index contributed by atoms with van der Waals surface area (Å²) in [4.78, 5) is 18.7. The van der Waals surface area contributed by atoms with E-state index in [9.17, 15) is 13.2 Å². The minimum Gasteiger partial charge on any atom is -0.294 e. The molecule has 1 aliphatic rings. The van der Waals surface area contributed by atoms with Crippen molar-refractivity contribution < 1.29 is 8.42 Å². The Labute approximate surface area is 139 Å². The molecule has 124 valence electrons. The maximum absolute atomic E-state index is 12.2. The molecule has 0 saturated carbocycles. The van der Waals surface area contributed by atoms with Crippen molar-refractivity contribution in [2.75, 3.05) is 18.1 Å². The molecule has 2 aromatic heterocycles. The first-order chi connectivity index (χ1) is 10.9. The average Bonchev–Trinajstić information content (AvgIpc) is 2.85. The van der Waals surface area contributed by atoms with Crippen LogP contribution in [0.3, 0.4) is 0 Å². The molecule has 1 saturated heterocycles. The van der Waals surface area contributed by atoms with Gasteiger partial charge in [-0.25, -0.2) is 13.4 Å². The van der Waals surface area contributed by atoms with Crippen molar-refractivity contribution in [1.29, 1.82) is 0 Å². The van der Waals surface area contributed by atoms with Crippen LogP contribution in [0.4, 0.5) is 0 Å². The lowest BCUT2D eigenvalue weighted by Crippen LogP contribution is -2.36. The number of sulfone groups is 1. The minimum absolute atomic E-state index is 0.00419. The van der Waals surface area contributed by atoms with E-state index in [1.165, 1.54) is 16.7 Å². The van der Waals surface area contributed by atoms with Gasteiger partial charge in [-0.05, 0) is 25.1 Å². The molecule has 1 aliphatic heterocycles. The van der Waals surface area contributed by atoms with E-state index in [-0.39, 0.29) is 23.1 Å². The van der Waals surface area contributed by atoms with Crippen LogP contribution in [0.25, 0.3) is 5.65 Å². The molecule has 0 N–H and O–H groups in total. The lowest BCUT2D eigenvalue weighted by atomic mass is 10.2. The summed E-state index contributed by atoms with van der Waals surface area (Å²) in [6.07, 6.45) is 2.18. The van der Waals surface area contributed by atoms with Crippen LogP contribution < -0.4 is 5.56 Å². The second-order valence-electron chi connectivity index (χ2n) is 5.78. The van der Waals surface area contributed by atoms with Crippen LogP contribution in [0.15, 0.2) is 29.2 Å². The van der Waals surface area contributed by atoms with Crippen molar-refractivity contribution in [3.05, 3.63) is 45.5 Å². The SMILES string of the molecule is CCN(Cc1cc(=O)n2cc(Cl)ccc2n1)C1CCS(=O)(=O)C1. The van der Waals surface area contributed by atoms with Gasteiger partial charge < -0.3 is 0 Å². The topological polar surface area (TPSA) is 71.8 Å². The van der Waals surface area contributed by atoms with Crippen LogP contribution in [-0.4, -0.2) is 46.8 Å². The first-order valence-corrected chi connectivity index (χ1v) is 9.70. The average molecular weight is 356 g/mol. The van der Waals surface area contributed by atoms with Crippen LogP contribution >= 0.6 is 11.6 Å². The van der Waals surface area contributed by atoms with Gasteiger partial charge in [0.1, 0.15) is 5.65 Å². The highest BCUT2D eigenvalue weighted by molar-refractivity contribution is 7.91. The zero-order valence-electron chi connectivity index (χ0n) is 12.8. The van der Waals surface area contributed by atoms with E-state index >= 15 is 0 Å². The van der Waals surface area contributed by atoms with Crippen molar-refractivity contribution in [3.63, 3.8) is 0 Å². The lowest BCUT2D eigenvalue weighted by molar-refractivity contribution is 0.212. The standard InChI is InChI=1S/C15H18ClN3O3S/c1-2-18(13-5-6-23(21,22)10-13)9-12-7-15(20)19-8-11(16)3-4-14(19)17-12/h3-4,7-8,13H,2,5-6,9-10H2,1H3. The lowest BCUT2D eigenvalue weighted by Gasteiger charge is -2.26. The third kappa shape index (κ3) is 3.57. The van der Waals surface area contributed by atoms with Gasteiger partial charge in [-0.15, -0.1) is 0 Å². The van der Waals surface area contributed by atoms with Crippen molar-refractivity contribution in [1.82, 2.24) is 14.3 Å². The van der Waals surface area contributed by atoms with Crippen molar-refractivity contribution in [2.45, 2.75) is 25.9 Å². The summed E-state index contributed by atoms with van der Waals surface area (Å²) in [6, 6.07) is 4.86. The van der Waals surface area contributed by atoms with Crippen LogP contribution in [0.1, 0.15) is 19.0 Å². The number of rotatable bonds is 4. The predicted molar refractivity (Wildman–Crippen MR) is 89.6 cm³/mol. The van der Waals surface area contributed by atoms with Gasteiger partial charge >= 0.3 is 0 Å². The third-order valence-electron chi connectivity index (χ3n) is 4.17. The summed E-state index contributed by atoms with van der Waals surface area (Å²) in [7, 11) is -2.93. The van der Waals surface area contributed by atoms with E-state index in [0.29, 0.717) is 35.9 Å². The van der Waals surface area contributed by atoms with E-state index < -0.39 is 9.84 Å². The molecular weight excluding hydrogens is 338 g/mol. The monoisotopic (exact) mass is 355 g/mol. The summed E-state index contributed by atoms with van der Waals surface area (Å²) in [5.41, 5.74) is 0.984. The van der Waals surface area contributed by atoms with Gasteiger partial charge in [0.15, 0.2) is 9.84 Å². The Morgan fingerprint density at radius 1 is 1.43 bits per heavy atom. The van der Waals surface area contributed by atoms with E-state index in [2.05, 4.69) is 9.88 Å². The minimum atomic E-state index is -2.93. The van der Waals surface area contributed by atoms with Crippen molar-refractivity contribution in [2.24, 2.45) is 0 Å². The zero-order valence-corrected chi connectivity index (χ0v) is 14.3. The maximum atomic E-state index is 12.2. The summed E-state index contributed by atoms with van der Waals surface area (Å²) in [5.74, 6) is 0.420. The van der Waals surface area contributed by atoms with Gasteiger partial charge in [-0.2, -0.15) is 0 Å². The number of fused-ring (bicyclic) bond motifs is 1. The summed E-state index contributed by atoms with van der Waals surface area (Å²) in [5, 5.41) is 0.473. The molecule has 0 amide bonds. The molecule has 1 unspecified atom stereocenters. The van der Waals surface area contributed by atoms with Gasteiger partial charge in [0.05, 0.1) is 22.2 Å². The van der Waals surface area contributed by atoms with Gasteiger partial charge in [0.2, 0.25) is 0 Å². The first-order valence-electron chi connectivity index (χ1n) is 7.50. The fourth-order valence-electron chi connectivity index (χ4n) is 2.98. The van der Waals surface area contributed by atoms with E-state index in [1.807, 2.05) is 6.92 Å². The Kier molecular flexibility index (Phi) is 4.44. The van der Waals surface area contributed by atoms with Gasteiger partial charge in [0.25, 0.3) is 5.56 Å². The van der Waals surface area contributed by atoms with Gasteiger partial charge in [-0.1, -0.05) is 18.5 Å². The van der Waals surface area contributed by atoms with Gasteiger partial charge in [-0.3, -0.25) is 14.1 Å². The highest BCUT2D eigenvalue weighted by Gasteiger charge is 2.31. The molecule has 0 aliphatic carbocycles. The molecule has 2 aromatic rings. The molecule has 0 spiro atoms. The number of aromatic nitrogens is 2. The quantitative estimate of drug-likeness (QED) is 0.828. The van der Waals surface area contributed by atoms with Crippen molar-refractivity contribution in [3.8, 4) is 0 Å². The molecule has 6 nitrogen and oxygen atoms in total. The normalized spacial score (nSPS) is 20.4. The number of pyridine rings is 1. The number of halogens is 1. The second kappa shape index (κ2) is 6.22. The maximum Gasteiger partial charge on any atom is 0.258 e. The molecule has 0 radical (unpaired) electrons. The van der Waals surface area contributed by atoms with Gasteiger partial charge in [0, 0.05) is 24.8 Å². The molecule has 3 rings (SSSR count). The third-order valence-corrected chi connectivity index (χ3v) is 6.15. The number of hydrogen-bond acceptors (Lipinski definition) is 5. The van der Waals surface area contributed by atoms with E-state index in [0.717, 1.165) is 0 Å². The Morgan fingerprint density at radius 2 is 2.22 bits per heavy atom. The van der Waals surface area contributed by atoms with Crippen LogP contribution in [0, 0.1) is 0 Å². The molecule has 8 heteroatoms. The van der Waals surface area contributed by atoms with Crippen LogP contribution in [0.5, 0.6) is 0 Å². The molecule has 1 fully saturated rings. The van der Waals surface area contributed by atoms with Crippen LogP contribution in [-0.2, 0) is 16.4 Å². The zero-order chi connectivity index (χ0) is 16.6. The molecule has 1 atom stereocenters. The molecule has 0 bridgehead atoms. The Hall–Kier alpha value is -1.44. The Balaban J connectivity index is 1.88.